The van der Waals surface area contributed by atoms with Gasteiger partial charge in [0.25, 0.3) is 5.91 Å². The number of ether oxygens (including phenoxy) is 2. The van der Waals surface area contributed by atoms with Gasteiger partial charge in [0.15, 0.2) is 11.4 Å². The molecule has 2 amide bonds. The molecule has 2 aliphatic heterocycles. The molecule has 0 saturated carbocycles. The molecule has 9 nitrogen and oxygen atoms in total. The highest BCUT2D eigenvalue weighted by molar-refractivity contribution is 9.10. The van der Waals surface area contributed by atoms with Gasteiger partial charge in [0, 0.05) is 39.5 Å². The van der Waals surface area contributed by atoms with E-state index in [1.807, 2.05) is 65.8 Å². The lowest BCUT2D eigenvalue weighted by Gasteiger charge is -2.57. The molecule has 1 fully saturated rings. The quantitative estimate of drug-likeness (QED) is 0.535. The Morgan fingerprint density at radius 1 is 1.08 bits per heavy atom. The molecule has 0 N–H and O–H groups in total. The van der Waals surface area contributed by atoms with Crippen LogP contribution in [-0.2, 0) is 17.8 Å². The molecular weight excluding hydrogens is 528 g/mol. The molecule has 0 bridgehead atoms. The fourth-order valence-corrected chi connectivity index (χ4v) is 5.95. The predicted octanol–water partition coefficient (Wildman–Crippen LogP) is 3.74. The number of benzene rings is 1. The van der Waals surface area contributed by atoms with E-state index in [2.05, 4.69) is 15.9 Å². The van der Waals surface area contributed by atoms with E-state index in [1.54, 1.807) is 11.8 Å². The Hall–Kier alpha value is -3.01. The number of halogens is 1. The third kappa shape index (κ3) is 4.25. The van der Waals surface area contributed by atoms with Gasteiger partial charge in [0.05, 0.1) is 16.8 Å². The standard InChI is InChI=1S/C26H33BrN4O5/c1-5-19-20(27)22(32)23(36-17-18-11-9-8-10-12-18)21-24(33)30(6-2)26(28(4)31(19)21)13-15-29(16-14-26)25(34)35-7-3/h8-12H,5-7,13-17H2,1-4H3. The Labute approximate surface area is 219 Å². The van der Waals surface area contributed by atoms with Crippen molar-refractivity contribution in [3.63, 3.8) is 0 Å². The van der Waals surface area contributed by atoms with Crippen LogP contribution in [0.3, 0.4) is 0 Å². The second kappa shape index (κ2) is 10.5. The van der Waals surface area contributed by atoms with Crippen LogP contribution >= 0.6 is 15.9 Å². The number of hydrogen-bond acceptors (Lipinski definition) is 6. The van der Waals surface area contributed by atoms with Gasteiger partial charge in [-0.05, 0) is 41.8 Å². The Balaban J connectivity index is 1.79. The van der Waals surface area contributed by atoms with Crippen molar-refractivity contribution in [3.8, 4) is 5.75 Å². The monoisotopic (exact) mass is 560 g/mol. The lowest BCUT2D eigenvalue weighted by atomic mass is 9.92. The third-order valence-corrected chi connectivity index (χ3v) is 7.98. The van der Waals surface area contributed by atoms with E-state index in [0.29, 0.717) is 55.7 Å². The van der Waals surface area contributed by atoms with Crippen molar-refractivity contribution in [2.75, 3.05) is 38.3 Å². The molecule has 1 aromatic carbocycles. The molecule has 0 unspecified atom stereocenters. The van der Waals surface area contributed by atoms with Crippen LogP contribution in [-0.4, -0.2) is 65.4 Å². The summed E-state index contributed by atoms with van der Waals surface area (Å²) in [4.78, 5) is 43.3. The SMILES string of the molecule is CCOC(=O)N1CCC2(CC1)N(CC)C(=O)c1c(OCc3ccccc3)c(=O)c(Br)c(CC)n1N2C. The lowest BCUT2D eigenvalue weighted by Crippen LogP contribution is -2.72. The van der Waals surface area contributed by atoms with Crippen LogP contribution in [0.2, 0.25) is 0 Å². The van der Waals surface area contributed by atoms with Crippen LogP contribution in [0.4, 0.5) is 4.79 Å². The minimum Gasteiger partial charge on any atom is -0.482 e. The predicted molar refractivity (Wildman–Crippen MR) is 140 cm³/mol. The highest BCUT2D eigenvalue weighted by Crippen LogP contribution is 2.39. The maximum Gasteiger partial charge on any atom is 0.409 e. The minimum atomic E-state index is -0.656. The summed E-state index contributed by atoms with van der Waals surface area (Å²) in [5.41, 5.74) is 0.856. The molecule has 36 heavy (non-hydrogen) atoms. The normalized spacial score (nSPS) is 16.8. The van der Waals surface area contributed by atoms with Crippen molar-refractivity contribution in [1.29, 1.82) is 0 Å². The van der Waals surface area contributed by atoms with Gasteiger partial charge in [-0.2, -0.15) is 0 Å². The zero-order chi connectivity index (χ0) is 26.0. The average Bonchev–Trinajstić information content (AvgIpc) is 2.89. The number of fused-ring (bicyclic) bond motifs is 1. The highest BCUT2D eigenvalue weighted by atomic mass is 79.9. The summed E-state index contributed by atoms with van der Waals surface area (Å²) in [5.74, 6) is -0.209. The first-order valence-electron chi connectivity index (χ1n) is 12.4. The molecule has 1 saturated heterocycles. The van der Waals surface area contributed by atoms with Crippen molar-refractivity contribution < 1.29 is 19.1 Å². The van der Waals surface area contributed by atoms with E-state index in [-0.39, 0.29) is 35.5 Å². The Morgan fingerprint density at radius 2 is 1.75 bits per heavy atom. The Morgan fingerprint density at radius 3 is 2.33 bits per heavy atom. The van der Waals surface area contributed by atoms with E-state index in [9.17, 15) is 14.4 Å². The largest absolute Gasteiger partial charge is 0.482 e. The van der Waals surface area contributed by atoms with Crippen molar-refractivity contribution in [2.45, 2.75) is 52.3 Å². The van der Waals surface area contributed by atoms with E-state index in [1.165, 1.54) is 0 Å². The zero-order valence-corrected chi connectivity index (χ0v) is 22.8. The van der Waals surface area contributed by atoms with Crippen LogP contribution in [0.5, 0.6) is 5.75 Å². The third-order valence-electron chi connectivity index (χ3n) is 7.16. The van der Waals surface area contributed by atoms with Crippen LogP contribution < -0.4 is 15.2 Å². The Kier molecular flexibility index (Phi) is 7.63. The highest BCUT2D eigenvalue weighted by Gasteiger charge is 2.52. The van der Waals surface area contributed by atoms with Crippen LogP contribution in [0, 0.1) is 0 Å². The maximum absolute atomic E-state index is 14.1. The van der Waals surface area contributed by atoms with Crippen molar-refractivity contribution in [2.24, 2.45) is 0 Å². The number of carbonyl (C=O) groups is 2. The molecule has 2 aromatic rings. The van der Waals surface area contributed by atoms with E-state index in [0.717, 1.165) is 5.56 Å². The van der Waals surface area contributed by atoms with Gasteiger partial charge in [-0.1, -0.05) is 37.3 Å². The van der Waals surface area contributed by atoms with Crippen LogP contribution in [0.25, 0.3) is 0 Å². The first-order valence-corrected chi connectivity index (χ1v) is 13.2. The number of rotatable bonds is 6. The summed E-state index contributed by atoms with van der Waals surface area (Å²) >= 11 is 3.50. The van der Waals surface area contributed by atoms with Crippen molar-refractivity contribution >= 4 is 27.9 Å². The Bertz CT molecular complexity index is 1190. The van der Waals surface area contributed by atoms with Gasteiger partial charge in [-0.3, -0.25) is 14.6 Å². The maximum atomic E-state index is 14.1. The lowest BCUT2D eigenvalue weighted by molar-refractivity contribution is -0.00144. The molecule has 2 aliphatic rings. The molecule has 1 aromatic heterocycles. The number of nitrogens with zero attached hydrogens (tertiary/aromatic N) is 4. The number of amides is 2. The summed E-state index contributed by atoms with van der Waals surface area (Å²) in [6.07, 6.45) is 1.30. The number of aromatic nitrogens is 1. The number of hydrogen-bond donors (Lipinski definition) is 0. The first kappa shape index (κ1) is 26.1. The molecule has 4 rings (SSSR count). The van der Waals surface area contributed by atoms with Gasteiger partial charge in [0.1, 0.15) is 12.3 Å². The minimum absolute atomic E-state index is 0.0389. The topological polar surface area (TPSA) is 84.3 Å². The first-order chi connectivity index (χ1) is 17.3. The van der Waals surface area contributed by atoms with Gasteiger partial charge in [-0.15, -0.1) is 0 Å². The number of pyridine rings is 1. The molecule has 0 radical (unpaired) electrons. The number of carbonyl (C=O) groups excluding carboxylic acids is 2. The summed E-state index contributed by atoms with van der Waals surface area (Å²) in [7, 11) is 1.94. The fourth-order valence-electron chi connectivity index (χ4n) is 5.32. The van der Waals surface area contributed by atoms with Crippen LogP contribution in [0.15, 0.2) is 39.6 Å². The molecule has 10 heteroatoms. The molecule has 0 aliphatic carbocycles. The number of piperidine rings is 1. The molecule has 1 spiro atoms. The van der Waals surface area contributed by atoms with Gasteiger partial charge in [0.2, 0.25) is 5.43 Å². The summed E-state index contributed by atoms with van der Waals surface area (Å²) in [6, 6.07) is 9.55. The molecule has 194 valence electrons. The summed E-state index contributed by atoms with van der Waals surface area (Å²) < 4.78 is 13.5. The van der Waals surface area contributed by atoms with E-state index in [4.69, 9.17) is 9.47 Å². The summed E-state index contributed by atoms with van der Waals surface area (Å²) in [5, 5.41) is 2.05. The smallest absolute Gasteiger partial charge is 0.409 e. The van der Waals surface area contributed by atoms with Gasteiger partial charge < -0.3 is 19.3 Å². The second-order valence-electron chi connectivity index (χ2n) is 8.95. The van der Waals surface area contributed by atoms with Crippen molar-refractivity contribution in [3.05, 3.63) is 62.0 Å². The molecular formula is C26H33BrN4O5. The number of likely N-dealkylation sites (tertiary alicyclic amines) is 1. The second-order valence-corrected chi connectivity index (χ2v) is 9.74. The van der Waals surface area contributed by atoms with E-state index >= 15 is 0 Å². The zero-order valence-electron chi connectivity index (χ0n) is 21.3. The fraction of sp³-hybridized carbons (Fsp3) is 0.500. The van der Waals surface area contributed by atoms with E-state index < -0.39 is 5.66 Å². The van der Waals surface area contributed by atoms with Gasteiger partial charge in [-0.25, -0.2) is 9.47 Å². The van der Waals surface area contributed by atoms with Crippen molar-refractivity contribution in [1.82, 2.24) is 14.5 Å². The molecule has 3 heterocycles. The summed E-state index contributed by atoms with van der Waals surface area (Å²) in [6.45, 7) is 7.54. The van der Waals surface area contributed by atoms with Gasteiger partial charge >= 0.3 is 6.09 Å². The van der Waals surface area contributed by atoms with Crippen LogP contribution in [0.1, 0.15) is 55.4 Å². The average molecular weight is 561 g/mol. The molecule has 0 atom stereocenters.